The zero-order valence-electron chi connectivity index (χ0n) is 12.6. The number of carbonyl (C=O) groups is 1. The third-order valence-electron chi connectivity index (χ3n) is 3.35. The van der Waals surface area contributed by atoms with E-state index in [0.717, 1.165) is 22.7 Å². The second-order valence-electron chi connectivity index (χ2n) is 5.20. The maximum atomic E-state index is 11.2. The molecule has 1 aromatic heterocycles. The molecular weight excluding hydrogens is 308 g/mol. The van der Waals surface area contributed by atoms with E-state index in [-0.39, 0.29) is 11.7 Å². The summed E-state index contributed by atoms with van der Waals surface area (Å²) < 4.78 is 0. The number of nitrogens with one attached hydrogen (secondary N) is 1. The minimum absolute atomic E-state index is 0.0451. The van der Waals surface area contributed by atoms with Gasteiger partial charge in [0.1, 0.15) is 5.75 Å². The summed E-state index contributed by atoms with van der Waals surface area (Å²) in [4.78, 5) is 15.8. The molecule has 0 saturated heterocycles. The fraction of sp³-hybridized carbons (Fsp3) is 0.111. The number of nitrogens with zero attached hydrogens (tertiary/aromatic N) is 1. The minimum Gasteiger partial charge on any atom is -0.506 e. The maximum Gasteiger partial charge on any atom is 0.221 e. The van der Waals surface area contributed by atoms with Crippen molar-refractivity contribution in [1.29, 1.82) is 0 Å². The van der Waals surface area contributed by atoms with Crippen LogP contribution in [0.3, 0.4) is 0 Å². The van der Waals surface area contributed by atoms with E-state index >= 15 is 0 Å². The van der Waals surface area contributed by atoms with Gasteiger partial charge in [0.2, 0.25) is 5.91 Å². The molecule has 0 radical (unpaired) electrons. The summed E-state index contributed by atoms with van der Waals surface area (Å²) in [5.41, 5.74) is 3.32. The Balaban J connectivity index is 1.84. The number of hydrogen-bond acceptors (Lipinski definition) is 4. The van der Waals surface area contributed by atoms with Gasteiger partial charge in [0.15, 0.2) is 0 Å². The monoisotopic (exact) mass is 324 g/mol. The first kappa shape index (κ1) is 15.2. The predicted octanol–water partition coefficient (Wildman–Crippen LogP) is 4.06. The Bertz CT molecular complexity index is 828. The van der Waals surface area contributed by atoms with Gasteiger partial charge in [0.05, 0.1) is 16.4 Å². The Kier molecular flexibility index (Phi) is 4.39. The molecule has 5 heteroatoms. The quantitative estimate of drug-likeness (QED) is 0.711. The molecule has 0 saturated carbocycles. The lowest BCUT2D eigenvalue weighted by atomic mass is 10.1. The van der Waals surface area contributed by atoms with Crippen molar-refractivity contribution in [3.8, 4) is 17.0 Å². The number of benzene rings is 2. The Hall–Kier alpha value is -2.66. The molecule has 4 nitrogen and oxygen atoms in total. The molecule has 0 aliphatic carbocycles. The fourth-order valence-corrected chi connectivity index (χ4v) is 3.12. The molecule has 3 aromatic rings. The number of thiazole rings is 1. The first-order chi connectivity index (χ1) is 11.1. The van der Waals surface area contributed by atoms with E-state index in [9.17, 15) is 9.90 Å². The molecule has 2 aromatic carbocycles. The molecule has 0 aliphatic rings. The molecule has 116 valence electrons. The van der Waals surface area contributed by atoms with Crippen LogP contribution in [-0.2, 0) is 11.2 Å². The highest BCUT2D eigenvalue weighted by Crippen LogP contribution is 2.30. The van der Waals surface area contributed by atoms with Gasteiger partial charge >= 0.3 is 0 Å². The van der Waals surface area contributed by atoms with Crippen LogP contribution in [-0.4, -0.2) is 16.0 Å². The minimum atomic E-state index is -0.222. The van der Waals surface area contributed by atoms with Crippen LogP contribution >= 0.6 is 11.3 Å². The van der Waals surface area contributed by atoms with E-state index in [1.807, 2.05) is 23.6 Å². The van der Waals surface area contributed by atoms with Crippen LogP contribution in [0.5, 0.6) is 5.75 Å². The van der Waals surface area contributed by atoms with Crippen LogP contribution in [0.2, 0.25) is 0 Å². The van der Waals surface area contributed by atoms with Crippen molar-refractivity contribution in [3.05, 3.63) is 64.5 Å². The maximum absolute atomic E-state index is 11.2. The van der Waals surface area contributed by atoms with Gasteiger partial charge in [0, 0.05) is 24.3 Å². The van der Waals surface area contributed by atoms with Crippen LogP contribution in [0.4, 0.5) is 5.69 Å². The SMILES string of the molecule is CC(=O)Nc1cc(-c2csc(Cc3ccccc3)n2)ccc1O. The summed E-state index contributed by atoms with van der Waals surface area (Å²) >= 11 is 1.60. The Morgan fingerprint density at radius 2 is 2.00 bits per heavy atom. The van der Waals surface area contributed by atoms with Gasteiger partial charge < -0.3 is 10.4 Å². The summed E-state index contributed by atoms with van der Waals surface area (Å²) in [5.74, 6) is -0.177. The predicted molar refractivity (Wildman–Crippen MR) is 92.8 cm³/mol. The van der Waals surface area contributed by atoms with Gasteiger partial charge in [-0.15, -0.1) is 11.3 Å². The van der Waals surface area contributed by atoms with Crippen molar-refractivity contribution in [2.75, 3.05) is 5.32 Å². The molecule has 2 N–H and O–H groups in total. The van der Waals surface area contributed by atoms with Crippen molar-refractivity contribution in [3.63, 3.8) is 0 Å². The van der Waals surface area contributed by atoms with E-state index in [0.29, 0.717) is 5.69 Å². The summed E-state index contributed by atoms with van der Waals surface area (Å²) in [6, 6.07) is 15.3. The zero-order chi connectivity index (χ0) is 16.2. The highest BCUT2D eigenvalue weighted by molar-refractivity contribution is 7.10. The van der Waals surface area contributed by atoms with Crippen molar-refractivity contribution in [2.24, 2.45) is 0 Å². The number of phenolic OH excluding ortho intramolecular Hbond substituents is 1. The summed E-state index contributed by atoms with van der Waals surface area (Å²) in [5, 5.41) is 15.4. The largest absolute Gasteiger partial charge is 0.506 e. The van der Waals surface area contributed by atoms with Gasteiger partial charge in [-0.2, -0.15) is 0 Å². The molecule has 0 spiro atoms. The lowest BCUT2D eigenvalue weighted by Crippen LogP contribution is -2.05. The van der Waals surface area contributed by atoms with Crippen LogP contribution in [0, 0.1) is 0 Å². The van der Waals surface area contributed by atoms with Crippen LogP contribution in [0.15, 0.2) is 53.9 Å². The average molecular weight is 324 g/mol. The lowest BCUT2D eigenvalue weighted by molar-refractivity contribution is -0.114. The first-order valence-corrected chi connectivity index (χ1v) is 8.09. The second-order valence-corrected chi connectivity index (χ2v) is 6.14. The number of anilines is 1. The van der Waals surface area contributed by atoms with Crippen molar-refractivity contribution in [1.82, 2.24) is 4.98 Å². The smallest absolute Gasteiger partial charge is 0.221 e. The standard InChI is InChI=1S/C18H16N2O2S/c1-12(21)19-15-10-14(7-8-17(15)22)16-11-23-18(20-16)9-13-5-3-2-4-6-13/h2-8,10-11,22H,9H2,1H3,(H,19,21). The summed E-state index contributed by atoms with van der Waals surface area (Å²) in [7, 11) is 0. The molecule has 0 fully saturated rings. The molecular formula is C18H16N2O2S. The van der Waals surface area contributed by atoms with Crippen molar-refractivity contribution < 1.29 is 9.90 Å². The second kappa shape index (κ2) is 6.62. The lowest BCUT2D eigenvalue weighted by Gasteiger charge is -2.06. The Morgan fingerprint density at radius 1 is 1.22 bits per heavy atom. The number of aromatic nitrogens is 1. The molecule has 3 rings (SSSR count). The Labute approximate surface area is 138 Å². The molecule has 1 amide bonds. The van der Waals surface area contributed by atoms with Gasteiger partial charge in [-0.25, -0.2) is 4.98 Å². The topological polar surface area (TPSA) is 62.2 Å². The van der Waals surface area contributed by atoms with Gasteiger partial charge in [-0.05, 0) is 23.8 Å². The molecule has 0 bridgehead atoms. The summed E-state index contributed by atoms with van der Waals surface area (Å²) in [6.07, 6.45) is 0.794. The Morgan fingerprint density at radius 3 is 2.74 bits per heavy atom. The first-order valence-electron chi connectivity index (χ1n) is 7.21. The highest BCUT2D eigenvalue weighted by Gasteiger charge is 2.09. The molecule has 0 aliphatic heterocycles. The van der Waals surface area contributed by atoms with Gasteiger partial charge in [0.25, 0.3) is 0 Å². The normalized spacial score (nSPS) is 10.5. The molecule has 0 unspecified atom stereocenters. The number of hydrogen-bond donors (Lipinski definition) is 2. The van der Waals surface area contributed by atoms with Crippen LogP contribution in [0.1, 0.15) is 17.5 Å². The fourth-order valence-electron chi connectivity index (χ4n) is 2.28. The van der Waals surface area contributed by atoms with E-state index in [4.69, 9.17) is 0 Å². The van der Waals surface area contributed by atoms with Crippen molar-refractivity contribution in [2.45, 2.75) is 13.3 Å². The van der Waals surface area contributed by atoms with E-state index < -0.39 is 0 Å². The third kappa shape index (κ3) is 3.76. The highest BCUT2D eigenvalue weighted by atomic mass is 32.1. The third-order valence-corrected chi connectivity index (χ3v) is 4.20. The number of aromatic hydroxyl groups is 1. The van der Waals surface area contributed by atoms with Crippen LogP contribution < -0.4 is 5.32 Å². The average Bonchev–Trinajstić information content (AvgIpc) is 2.98. The van der Waals surface area contributed by atoms with E-state index in [2.05, 4.69) is 22.4 Å². The molecule has 1 heterocycles. The van der Waals surface area contributed by atoms with E-state index in [1.54, 1.807) is 29.5 Å². The van der Waals surface area contributed by atoms with Gasteiger partial charge in [-0.3, -0.25) is 4.79 Å². The number of carbonyl (C=O) groups excluding carboxylic acids is 1. The van der Waals surface area contributed by atoms with E-state index in [1.165, 1.54) is 12.5 Å². The van der Waals surface area contributed by atoms with Gasteiger partial charge in [-0.1, -0.05) is 30.3 Å². The molecule has 23 heavy (non-hydrogen) atoms. The zero-order valence-corrected chi connectivity index (χ0v) is 13.4. The van der Waals surface area contributed by atoms with Crippen molar-refractivity contribution >= 4 is 22.9 Å². The molecule has 0 atom stereocenters. The van der Waals surface area contributed by atoms with Crippen LogP contribution in [0.25, 0.3) is 11.3 Å². The summed E-state index contributed by atoms with van der Waals surface area (Å²) in [6.45, 7) is 1.41. The number of phenols is 1. The number of rotatable bonds is 4. The number of amides is 1.